The molecular weight excluding hydrogens is 295 g/mol. The van der Waals surface area contributed by atoms with Crippen molar-refractivity contribution in [3.63, 3.8) is 0 Å². The predicted molar refractivity (Wildman–Crippen MR) is 78.0 cm³/mol. The number of hydrogen-bond acceptors (Lipinski definition) is 0. The van der Waals surface area contributed by atoms with Gasteiger partial charge in [0, 0.05) is 0 Å². The van der Waals surface area contributed by atoms with Gasteiger partial charge in [0.05, 0.1) is 0 Å². The Morgan fingerprint density at radius 3 is 2.28 bits per heavy atom. The number of rotatable bonds is 2. The number of allylic oxidation sites excluding steroid dienone is 8. The Hall–Kier alpha value is -0.287. The smallest absolute Gasteiger partial charge is 0.109 e. The third-order valence-electron chi connectivity index (χ3n) is 2.33. The third-order valence-corrected chi connectivity index (χ3v) is 2.33. The topological polar surface area (TPSA) is 0 Å². The first-order valence-electron chi connectivity index (χ1n) is 6.56. The zero-order valence-corrected chi connectivity index (χ0v) is 14.6. The first-order valence-corrected chi connectivity index (χ1v) is 7.79. The second-order valence-electron chi connectivity index (χ2n) is 4.56. The molecule has 0 nitrogen and oxygen atoms in total. The quantitative estimate of drug-likeness (QED) is 0.634. The minimum atomic E-state index is 1.01. The van der Waals surface area contributed by atoms with Crippen LogP contribution in [0.5, 0.6) is 0 Å². The summed E-state index contributed by atoms with van der Waals surface area (Å²) in [7, 11) is 0. The molecule has 0 radical (unpaired) electrons. The molecule has 0 amide bonds. The van der Waals surface area contributed by atoms with Crippen molar-refractivity contribution in [3.8, 4) is 0 Å². The molecular formula is C17H24Zr. The molecule has 0 aromatic heterocycles. The van der Waals surface area contributed by atoms with Gasteiger partial charge in [0.15, 0.2) is 0 Å². The average molecular weight is 320 g/mol. The molecule has 0 heterocycles. The molecule has 0 unspecified atom stereocenters. The molecule has 2 rings (SSSR count). The van der Waals surface area contributed by atoms with E-state index in [1.54, 1.807) is 29.8 Å². The van der Waals surface area contributed by atoms with E-state index < -0.39 is 0 Å². The first kappa shape index (κ1) is 17.7. The van der Waals surface area contributed by atoms with Crippen molar-refractivity contribution < 1.29 is 24.2 Å². The van der Waals surface area contributed by atoms with Gasteiger partial charge in [-0.05, 0) is 6.42 Å². The largest absolute Gasteiger partial charge is 0.273 e. The molecule has 0 N–H and O–H groups in total. The summed E-state index contributed by atoms with van der Waals surface area (Å²) in [5, 5.41) is 0. The maximum atomic E-state index is 3.21. The zero-order valence-electron chi connectivity index (χ0n) is 12.1. The molecule has 0 saturated carbocycles. The second-order valence-corrected chi connectivity index (χ2v) is 7.02. The van der Waals surface area contributed by atoms with Gasteiger partial charge in [-0.25, -0.2) is 23.8 Å². The fourth-order valence-corrected chi connectivity index (χ4v) is 1.50. The summed E-state index contributed by atoms with van der Waals surface area (Å²) < 4.78 is 1.51. The van der Waals surface area contributed by atoms with Crippen molar-refractivity contribution in [1.82, 2.24) is 0 Å². The molecule has 0 aromatic rings. The molecule has 0 fully saturated rings. The minimum absolute atomic E-state index is 1.01. The predicted octanol–water partition coefficient (Wildman–Crippen LogP) is 4.92. The maximum absolute atomic E-state index is 3.21. The fourth-order valence-electron chi connectivity index (χ4n) is 1.50. The summed E-state index contributed by atoms with van der Waals surface area (Å²) >= 11 is 1.55. The Morgan fingerprint density at radius 1 is 1.33 bits per heavy atom. The molecule has 2 aliphatic carbocycles. The zero-order chi connectivity index (χ0) is 13.8. The molecule has 18 heavy (non-hydrogen) atoms. The van der Waals surface area contributed by atoms with Crippen molar-refractivity contribution in [2.45, 2.75) is 53.4 Å². The Morgan fingerprint density at radius 2 is 2.00 bits per heavy atom. The van der Waals surface area contributed by atoms with Crippen LogP contribution in [0.1, 0.15) is 53.4 Å². The van der Waals surface area contributed by atoms with E-state index in [4.69, 9.17) is 0 Å². The van der Waals surface area contributed by atoms with E-state index >= 15 is 0 Å². The van der Waals surface area contributed by atoms with Gasteiger partial charge >= 0.3 is 41.3 Å². The summed E-state index contributed by atoms with van der Waals surface area (Å²) in [5.74, 6) is 0. The monoisotopic (exact) mass is 318 g/mol. The van der Waals surface area contributed by atoms with Crippen LogP contribution in [0, 0.1) is 12.2 Å². The van der Waals surface area contributed by atoms with Gasteiger partial charge in [0.25, 0.3) is 0 Å². The Balaban J connectivity index is 0.000000272. The third kappa shape index (κ3) is 10.8. The standard InChI is InChI=1S/C9H13.C5H5.C3H6.Zr/c1-3-5-9-7-4-6-8(9)2;1-2-4-5-3-1;1-3-2;/h6H,3,5,7H2,1-2H3;1-3H,4H2;1-2H3;/q2*-1;;+2. The Bertz CT molecular complexity index is 340. The molecule has 0 atom stereocenters. The first-order chi connectivity index (χ1) is 8.57. The summed E-state index contributed by atoms with van der Waals surface area (Å²) in [6, 6.07) is 0. The van der Waals surface area contributed by atoms with Crippen molar-refractivity contribution in [2.24, 2.45) is 0 Å². The van der Waals surface area contributed by atoms with Crippen LogP contribution >= 0.6 is 0 Å². The Kier molecular flexibility index (Phi) is 11.6. The van der Waals surface area contributed by atoms with Gasteiger partial charge in [-0.3, -0.25) is 12.2 Å². The molecule has 0 aromatic carbocycles. The van der Waals surface area contributed by atoms with Crippen LogP contribution in [0.25, 0.3) is 0 Å². The maximum Gasteiger partial charge on any atom is -0.109 e. The van der Waals surface area contributed by atoms with Gasteiger partial charge in [-0.15, -0.1) is 19.8 Å². The second kappa shape index (κ2) is 11.8. The van der Waals surface area contributed by atoms with Crippen LogP contribution in [0.3, 0.4) is 0 Å². The van der Waals surface area contributed by atoms with Crippen LogP contribution in [-0.2, 0) is 24.2 Å². The molecule has 0 spiro atoms. The summed E-state index contributed by atoms with van der Waals surface area (Å²) in [6.45, 7) is 8.64. The van der Waals surface area contributed by atoms with Gasteiger partial charge in [-0.1, -0.05) is 13.3 Å². The van der Waals surface area contributed by atoms with Crippen molar-refractivity contribution >= 4 is 3.21 Å². The number of hydrogen-bond donors (Lipinski definition) is 0. The van der Waals surface area contributed by atoms with Gasteiger partial charge in [0.1, 0.15) is 0 Å². The van der Waals surface area contributed by atoms with Crippen molar-refractivity contribution in [2.75, 3.05) is 0 Å². The van der Waals surface area contributed by atoms with E-state index in [0.29, 0.717) is 0 Å². The summed E-state index contributed by atoms with van der Waals surface area (Å²) in [6.07, 6.45) is 18.9. The average Bonchev–Trinajstić information content (AvgIpc) is 2.93. The van der Waals surface area contributed by atoms with Gasteiger partial charge in [0.2, 0.25) is 0 Å². The van der Waals surface area contributed by atoms with E-state index in [9.17, 15) is 0 Å². The molecule has 0 saturated heterocycles. The van der Waals surface area contributed by atoms with Gasteiger partial charge < -0.3 is 0 Å². The molecule has 0 aliphatic heterocycles. The van der Waals surface area contributed by atoms with E-state index in [2.05, 4.69) is 52.0 Å². The van der Waals surface area contributed by atoms with Gasteiger partial charge in [-0.2, -0.15) is 11.6 Å². The molecule has 0 bridgehead atoms. The van der Waals surface area contributed by atoms with Crippen LogP contribution in [0.4, 0.5) is 0 Å². The van der Waals surface area contributed by atoms with E-state index in [1.165, 1.54) is 21.6 Å². The van der Waals surface area contributed by atoms with E-state index in [-0.39, 0.29) is 0 Å². The van der Waals surface area contributed by atoms with Crippen LogP contribution in [-0.4, -0.2) is 3.21 Å². The van der Waals surface area contributed by atoms with Crippen LogP contribution < -0.4 is 0 Å². The summed E-state index contributed by atoms with van der Waals surface area (Å²) in [5.41, 5.74) is 3.02. The fraction of sp³-hybridized carbons (Fsp3) is 0.471. The molecule has 2 aliphatic rings. The Labute approximate surface area is 128 Å². The SMILES string of the molecule is CCCC1=C(C)C=[C-]C1.C[C](C)=[Zr+2].[C-]1=CC=CC1. The van der Waals surface area contributed by atoms with Crippen LogP contribution in [0.2, 0.25) is 0 Å². The molecule has 96 valence electrons. The normalized spacial score (nSPS) is 15.2. The van der Waals surface area contributed by atoms with Crippen molar-refractivity contribution in [3.05, 3.63) is 47.6 Å². The van der Waals surface area contributed by atoms with Crippen LogP contribution in [0.15, 0.2) is 35.5 Å². The minimum Gasteiger partial charge on any atom is -0.273 e. The van der Waals surface area contributed by atoms with E-state index in [1.807, 2.05) is 12.2 Å². The molecule has 1 heteroatoms. The van der Waals surface area contributed by atoms with E-state index in [0.717, 1.165) is 12.8 Å². The van der Waals surface area contributed by atoms with Crippen molar-refractivity contribution in [1.29, 1.82) is 0 Å². The summed E-state index contributed by atoms with van der Waals surface area (Å²) in [4.78, 5) is 0.